The summed E-state index contributed by atoms with van der Waals surface area (Å²) in [6.45, 7) is 1.75. The highest BCUT2D eigenvalue weighted by Crippen LogP contribution is 2.36. The normalized spacial score (nSPS) is 18.8. The maximum absolute atomic E-state index is 12.8. The fraction of sp³-hybridized carbons (Fsp3) is 0.273. The van der Waals surface area contributed by atoms with Crippen molar-refractivity contribution in [1.82, 2.24) is 0 Å². The Morgan fingerprint density at radius 2 is 1.96 bits per heavy atom. The van der Waals surface area contributed by atoms with Crippen LogP contribution in [0.25, 0.3) is 11.1 Å². The Hall–Kier alpha value is -3.08. The Morgan fingerprint density at radius 1 is 1.15 bits per heavy atom. The fourth-order valence-electron chi connectivity index (χ4n) is 3.09. The average Bonchev–Trinajstić information content (AvgIpc) is 2.65. The number of aryl methyl sites for hydroxylation is 1. The number of ether oxygens (including phenoxy) is 2. The van der Waals surface area contributed by atoms with Crippen molar-refractivity contribution in [1.29, 1.82) is 0 Å². The highest BCUT2D eigenvalue weighted by atomic mass is 16.5. The summed E-state index contributed by atoms with van der Waals surface area (Å²) in [7, 11) is 1.50. The van der Waals surface area contributed by atoms with E-state index in [4.69, 9.17) is 9.47 Å². The van der Waals surface area contributed by atoms with E-state index in [-0.39, 0.29) is 17.1 Å². The van der Waals surface area contributed by atoms with Crippen LogP contribution in [0.3, 0.4) is 0 Å². The van der Waals surface area contributed by atoms with Crippen LogP contribution in [0.1, 0.15) is 35.7 Å². The Labute approximate surface area is 158 Å². The topological polar surface area (TPSA) is 72.8 Å². The van der Waals surface area contributed by atoms with Gasteiger partial charge in [-0.1, -0.05) is 30.3 Å². The molecular weight excluding hydrogens is 344 g/mol. The summed E-state index contributed by atoms with van der Waals surface area (Å²) in [4.78, 5) is 24.8. The number of carbonyl (C=O) groups is 2. The average molecular weight is 366 g/mol. The molecule has 2 aromatic rings. The molecule has 0 radical (unpaired) electrons. The second-order valence-electron chi connectivity index (χ2n) is 6.59. The number of hydrogen-bond donors (Lipinski definition) is 1. The predicted octanol–water partition coefficient (Wildman–Crippen LogP) is 4.07. The molecule has 0 saturated heterocycles. The largest absolute Gasteiger partial charge is 0.507 e. The van der Waals surface area contributed by atoms with Gasteiger partial charge in [0.1, 0.15) is 23.2 Å². The first kappa shape index (κ1) is 18.7. The molecule has 140 valence electrons. The quantitative estimate of drug-likeness (QED) is 0.770. The molecule has 5 heteroatoms. The number of cyclic esters (lactones) is 1. The van der Waals surface area contributed by atoms with Crippen LogP contribution in [0.4, 0.5) is 0 Å². The molecule has 5 nitrogen and oxygen atoms in total. The molecule has 2 bridgehead atoms. The van der Waals surface area contributed by atoms with Crippen LogP contribution in [0, 0.1) is 0 Å². The number of ketones is 1. The molecule has 0 saturated carbocycles. The van der Waals surface area contributed by atoms with Crippen molar-refractivity contribution in [3.05, 3.63) is 59.7 Å². The van der Waals surface area contributed by atoms with Crippen LogP contribution in [0.5, 0.6) is 11.5 Å². The molecule has 1 atom stereocenters. The molecule has 1 aliphatic heterocycles. The van der Waals surface area contributed by atoms with Gasteiger partial charge in [0.25, 0.3) is 0 Å². The first-order valence-electron chi connectivity index (χ1n) is 8.88. The molecule has 0 amide bonds. The third-order valence-corrected chi connectivity index (χ3v) is 4.51. The number of phenolic OH excluding ortho intramolecular Hbond substituents is 1. The molecule has 0 spiro atoms. The van der Waals surface area contributed by atoms with E-state index in [1.807, 2.05) is 24.3 Å². The van der Waals surface area contributed by atoms with Crippen molar-refractivity contribution >= 4 is 11.8 Å². The summed E-state index contributed by atoms with van der Waals surface area (Å²) in [6.07, 6.45) is 4.26. The first-order valence-corrected chi connectivity index (χ1v) is 8.88. The molecule has 0 aromatic heterocycles. The van der Waals surface area contributed by atoms with Crippen LogP contribution in [-0.2, 0) is 16.0 Å². The molecule has 27 heavy (non-hydrogen) atoms. The minimum absolute atomic E-state index is 0.0377. The Kier molecular flexibility index (Phi) is 5.60. The van der Waals surface area contributed by atoms with Crippen molar-refractivity contribution in [3.8, 4) is 22.6 Å². The second-order valence-corrected chi connectivity index (χ2v) is 6.59. The van der Waals surface area contributed by atoms with E-state index in [0.29, 0.717) is 30.6 Å². The van der Waals surface area contributed by atoms with Gasteiger partial charge in [-0.25, -0.2) is 4.79 Å². The Bertz CT molecular complexity index is 898. The van der Waals surface area contributed by atoms with E-state index in [9.17, 15) is 14.7 Å². The zero-order valence-corrected chi connectivity index (χ0v) is 15.4. The van der Waals surface area contributed by atoms with E-state index in [1.165, 1.54) is 19.3 Å². The molecule has 2 aromatic carbocycles. The van der Waals surface area contributed by atoms with E-state index in [1.54, 1.807) is 19.1 Å². The van der Waals surface area contributed by atoms with Gasteiger partial charge in [0, 0.05) is 24.5 Å². The molecule has 1 aliphatic rings. The number of methoxy groups -OCH3 is 1. The molecule has 1 heterocycles. The number of phenols is 1. The molecule has 0 aliphatic carbocycles. The molecule has 3 rings (SSSR count). The van der Waals surface area contributed by atoms with Crippen LogP contribution in [-0.4, -0.2) is 30.1 Å². The fourth-order valence-corrected chi connectivity index (χ4v) is 3.09. The number of hydrogen-bond acceptors (Lipinski definition) is 5. The summed E-state index contributed by atoms with van der Waals surface area (Å²) in [6, 6.07) is 10.7. The summed E-state index contributed by atoms with van der Waals surface area (Å²) in [5, 5.41) is 10.5. The smallest absolute Gasteiger partial charge is 0.342 e. The minimum atomic E-state index is -0.611. The second kappa shape index (κ2) is 8.08. The van der Waals surface area contributed by atoms with Crippen LogP contribution < -0.4 is 4.74 Å². The lowest BCUT2D eigenvalue weighted by molar-refractivity contribution is -0.114. The van der Waals surface area contributed by atoms with Gasteiger partial charge in [-0.05, 0) is 36.6 Å². The van der Waals surface area contributed by atoms with Crippen LogP contribution in [0.2, 0.25) is 0 Å². The summed E-state index contributed by atoms with van der Waals surface area (Å²) < 4.78 is 10.7. The number of aromatic hydroxyl groups is 1. The van der Waals surface area contributed by atoms with Gasteiger partial charge in [0.05, 0.1) is 7.11 Å². The van der Waals surface area contributed by atoms with Crippen LogP contribution >= 0.6 is 0 Å². The van der Waals surface area contributed by atoms with Gasteiger partial charge >= 0.3 is 5.97 Å². The van der Waals surface area contributed by atoms with Gasteiger partial charge in [-0.3, -0.25) is 4.79 Å². The van der Waals surface area contributed by atoms with Crippen molar-refractivity contribution in [2.75, 3.05) is 7.11 Å². The van der Waals surface area contributed by atoms with Gasteiger partial charge in [-0.15, -0.1) is 0 Å². The van der Waals surface area contributed by atoms with Gasteiger partial charge in [-0.2, -0.15) is 0 Å². The van der Waals surface area contributed by atoms with Crippen molar-refractivity contribution in [2.24, 2.45) is 0 Å². The number of carbonyl (C=O) groups excluding carboxylic acids is 2. The summed E-state index contributed by atoms with van der Waals surface area (Å²) >= 11 is 0. The van der Waals surface area contributed by atoms with E-state index in [0.717, 1.165) is 11.1 Å². The first-order chi connectivity index (χ1) is 13.0. The third-order valence-electron chi connectivity index (χ3n) is 4.51. The SMILES string of the molecule is COc1cc(O)c2c(c1)-c1cccc(c1)CCC(=O)/C=C\C[C@H](C)OC2=O. The number of benzene rings is 2. The zero-order chi connectivity index (χ0) is 19.4. The van der Waals surface area contributed by atoms with E-state index < -0.39 is 12.1 Å². The molecular formula is C22H22O5. The van der Waals surface area contributed by atoms with E-state index >= 15 is 0 Å². The summed E-state index contributed by atoms with van der Waals surface area (Å²) in [5.41, 5.74) is 2.37. The minimum Gasteiger partial charge on any atom is -0.507 e. The van der Waals surface area contributed by atoms with E-state index in [2.05, 4.69) is 0 Å². The monoisotopic (exact) mass is 366 g/mol. The standard InChI is InChI=1S/C22H22O5/c1-14-5-3-8-17(23)10-9-15-6-4-7-16(11-15)19-12-18(26-2)13-20(24)21(19)22(25)27-14/h3-4,6-8,11-14,24H,5,9-10H2,1-2H3/b8-3-/t14-/m0/s1. The zero-order valence-electron chi connectivity index (χ0n) is 15.4. The van der Waals surface area contributed by atoms with Gasteiger partial charge in [0.15, 0.2) is 5.78 Å². The molecule has 0 unspecified atom stereocenters. The maximum Gasteiger partial charge on any atom is 0.342 e. The lowest BCUT2D eigenvalue weighted by Gasteiger charge is -2.17. The number of rotatable bonds is 1. The maximum atomic E-state index is 12.8. The van der Waals surface area contributed by atoms with Crippen molar-refractivity contribution in [2.45, 2.75) is 32.3 Å². The number of allylic oxidation sites excluding steroid dienone is 1. The van der Waals surface area contributed by atoms with Crippen molar-refractivity contribution in [3.63, 3.8) is 0 Å². The summed E-state index contributed by atoms with van der Waals surface area (Å²) in [5.74, 6) is -0.322. The number of esters is 1. The van der Waals surface area contributed by atoms with Crippen molar-refractivity contribution < 1.29 is 24.2 Å². The van der Waals surface area contributed by atoms with Gasteiger partial charge < -0.3 is 14.6 Å². The molecule has 1 N–H and O–H groups in total. The van der Waals surface area contributed by atoms with Gasteiger partial charge in [0.2, 0.25) is 0 Å². The number of fused-ring (bicyclic) bond motifs is 4. The van der Waals surface area contributed by atoms with Crippen LogP contribution in [0.15, 0.2) is 48.6 Å². The lowest BCUT2D eigenvalue weighted by Crippen LogP contribution is -2.16. The Morgan fingerprint density at radius 3 is 2.74 bits per heavy atom. The predicted molar refractivity (Wildman–Crippen MR) is 102 cm³/mol. The molecule has 0 fully saturated rings. The Balaban J connectivity index is 2.15. The third kappa shape index (κ3) is 4.37. The highest BCUT2D eigenvalue weighted by molar-refractivity contribution is 6.00. The highest BCUT2D eigenvalue weighted by Gasteiger charge is 2.23. The lowest BCUT2D eigenvalue weighted by atomic mass is 9.95.